The molecule has 0 aromatic carbocycles. The number of ether oxygens (including phenoxy) is 1. The molecule has 1 N–H and O–H groups in total. The predicted molar refractivity (Wildman–Crippen MR) is 59.6 cm³/mol. The normalized spacial score (nSPS) is 42.5. The first kappa shape index (κ1) is 13.7. The van der Waals surface area contributed by atoms with E-state index in [0.29, 0.717) is 25.7 Å². The molecule has 4 nitrogen and oxygen atoms in total. The summed E-state index contributed by atoms with van der Waals surface area (Å²) in [5.41, 5.74) is -2.23. The molecule has 4 fully saturated rings. The van der Waals surface area contributed by atoms with E-state index in [1.54, 1.807) is 0 Å². The maximum absolute atomic E-state index is 12.4. The number of esters is 1. The topological polar surface area (TPSA) is 63.6 Å². The van der Waals surface area contributed by atoms with Crippen molar-refractivity contribution in [1.29, 1.82) is 0 Å². The summed E-state index contributed by atoms with van der Waals surface area (Å²) in [5, 5.41) is 9.42. The van der Waals surface area contributed by atoms with Crippen molar-refractivity contribution in [2.75, 3.05) is 0 Å². The van der Waals surface area contributed by atoms with Gasteiger partial charge < -0.3 is 9.84 Å². The summed E-state index contributed by atoms with van der Waals surface area (Å²) in [5.74, 6) is -3.07. The molecular weight excluding hydrogens is 277 g/mol. The molecule has 112 valence electrons. The van der Waals surface area contributed by atoms with Crippen LogP contribution in [0.25, 0.3) is 0 Å². The number of aliphatic carboxylic acids is 1. The third kappa shape index (κ3) is 1.98. The molecule has 4 aliphatic carbocycles. The van der Waals surface area contributed by atoms with Crippen LogP contribution in [0.2, 0.25) is 0 Å². The summed E-state index contributed by atoms with van der Waals surface area (Å²) >= 11 is 0. The number of alkyl halides is 3. The van der Waals surface area contributed by atoms with E-state index in [2.05, 4.69) is 0 Å². The predicted octanol–water partition coefficient (Wildman–Crippen LogP) is 2.52. The van der Waals surface area contributed by atoms with E-state index in [-0.39, 0.29) is 18.3 Å². The minimum Gasteiger partial charge on any atom is -0.481 e. The number of carbonyl (C=O) groups excluding carboxylic acids is 1. The summed E-state index contributed by atoms with van der Waals surface area (Å²) in [6, 6.07) is 0. The number of carboxylic acids is 1. The monoisotopic (exact) mass is 292 g/mol. The highest BCUT2D eigenvalue weighted by atomic mass is 19.4. The second-order valence-electron chi connectivity index (χ2n) is 6.62. The third-order valence-corrected chi connectivity index (χ3v) is 5.00. The van der Waals surface area contributed by atoms with Gasteiger partial charge in [-0.2, -0.15) is 13.2 Å². The summed E-state index contributed by atoms with van der Waals surface area (Å²) < 4.78 is 42.0. The van der Waals surface area contributed by atoms with Crippen LogP contribution in [0.1, 0.15) is 38.5 Å². The van der Waals surface area contributed by atoms with Gasteiger partial charge in [-0.25, -0.2) is 4.79 Å². The molecule has 7 heteroatoms. The fourth-order valence-corrected chi connectivity index (χ4v) is 4.80. The molecule has 2 atom stereocenters. The van der Waals surface area contributed by atoms with Crippen LogP contribution in [0, 0.1) is 17.3 Å². The van der Waals surface area contributed by atoms with Crippen molar-refractivity contribution in [3.63, 3.8) is 0 Å². The van der Waals surface area contributed by atoms with Crippen molar-refractivity contribution < 1.29 is 32.6 Å². The van der Waals surface area contributed by atoms with Gasteiger partial charge in [-0.05, 0) is 43.9 Å². The average Bonchev–Trinajstić information content (AvgIpc) is 2.24. The van der Waals surface area contributed by atoms with E-state index >= 15 is 0 Å². The van der Waals surface area contributed by atoms with Gasteiger partial charge in [0.1, 0.15) is 5.60 Å². The number of hydrogen-bond acceptors (Lipinski definition) is 3. The van der Waals surface area contributed by atoms with Crippen LogP contribution in [0.3, 0.4) is 0 Å². The Morgan fingerprint density at radius 2 is 1.65 bits per heavy atom. The van der Waals surface area contributed by atoms with Gasteiger partial charge in [0.2, 0.25) is 0 Å². The number of carboxylic acid groups (broad SMARTS) is 1. The lowest BCUT2D eigenvalue weighted by Crippen LogP contribution is -2.60. The van der Waals surface area contributed by atoms with Crippen LogP contribution < -0.4 is 0 Å². The zero-order valence-corrected chi connectivity index (χ0v) is 10.7. The largest absolute Gasteiger partial charge is 0.490 e. The van der Waals surface area contributed by atoms with Crippen LogP contribution >= 0.6 is 0 Å². The van der Waals surface area contributed by atoms with Gasteiger partial charge >= 0.3 is 18.1 Å². The van der Waals surface area contributed by atoms with E-state index in [1.807, 2.05) is 0 Å². The molecule has 0 spiro atoms. The van der Waals surface area contributed by atoms with Crippen LogP contribution in [-0.2, 0) is 14.3 Å². The average molecular weight is 292 g/mol. The smallest absolute Gasteiger partial charge is 0.481 e. The first-order chi connectivity index (χ1) is 9.14. The molecule has 0 aromatic heterocycles. The highest BCUT2D eigenvalue weighted by Crippen LogP contribution is 2.63. The van der Waals surface area contributed by atoms with Crippen molar-refractivity contribution >= 4 is 11.9 Å². The van der Waals surface area contributed by atoms with E-state index in [9.17, 15) is 27.9 Å². The molecule has 0 unspecified atom stereocenters. The van der Waals surface area contributed by atoms with Gasteiger partial charge in [0.05, 0.1) is 5.41 Å². The first-order valence-electron chi connectivity index (χ1n) is 6.68. The summed E-state index contributed by atoms with van der Waals surface area (Å²) in [6.07, 6.45) is -2.47. The van der Waals surface area contributed by atoms with Crippen LogP contribution in [-0.4, -0.2) is 28.8 Å². The molecule has 0 aliphatic heterocycles. The zero-order chi connectivity index (χ0) is 14.8. The van der Waals surface area contributed by atoms with E-state index in [0.717, 1.165) is 6.42 Å². The van der Waals surface area contributed by atoms with Crippen molar-refractivity contribution in [3.05, 3.63) is 0 Å². The zero-order valence-electron chi connectivity index (χ0n) is 10.7. The maximum Gasteiger partial charge on any atom is 0.490 e. The van der Waals surface area contributed by atoms with Crippen LogP contribution in [0.4, 0.5) is 13.2 Å². The third-order valence-electron chi connectivity index (χ3n) is 5.00. The number of halogens is 3. The lowest BCUT2D eigenvalue weighted by molar-refractivity contribution is -0.240. The summed E-state index contributed by atoms with van der Waals surface area (Å²) in [4.78, 5) is 22.6. The Morgan fingerprint density at radius 3 is 2.10 bits per heavy atom. The van der Waals surface area contributed by atoms with Gasteiger partial charge in [-0.15, -0.1) is 0 Å². The molecule has 0 saturated heterocycles. The molecule has 0 amide bonds. The molecule has 4 rings (SSSR count). The standard InChI is InChI=1S/C13H15F3O4/c14-13(15,16)10(19)20-12-4-7-1-8(5-12)3-11(2-7,6-12)9(17)18/h7-8H,1-6H2,(H,17,18)/t7-,8-,11?,12?/m0/s1. The minimum absolute atomic E-state index is 0.0180. The van der Waals surface area contributed by atoms with Gasteiger partial charge in [-0.3, -0.25) is 4.79 Å². The van der Waals surface area contributed by atoms with E-state index < -0.39 is 29.1 Å². The second-order valence-corrected chi connectivity index (χ2v) is 6.62. The minimum atomic E-state index is -5.03. The lowest BCUT2D eigenvalue weighted by Gasteiger charge is -2.59. The van der Waals surface area contributed by atoms with Gasteiger partial charge in [0, 0.05) is 6.42 Å². The highest BCUT2D eigenvalue weighted by molar-refractivity contribution is 5.77. The SMILES string of the molecule is O=C(OC12C[C@H]3C[C@H](C1)CC(C(=O)O)(C3)C2)C(F)(F)F. The Kier molecular flexibility index (Phi) is 2.66. The Balaban J connectivity index is 1.87. The Bertz CT molecular complexity index is 457. The van der Waals surface area contributed by atoms with Crippen molar-refractivity contribution in [2.24, 2.45) is 17.3 Å². The molecule has 20 heavy (non-hydrogen) atoms. The molecule has 0 heterocycles. The molecule has 4 bridgehead atoms. The van der Waals surface area contributed by atoms with Crippen molar-refractivity contribution in [1.82, 2.24) is 0 Å². The maximum atomic E-state index is 12.4. The van der Waals surface area contributed by atoms with E-state index in [1.165, 1.54) is 0 Å². The Hall–Kier alpha value is -1.27. The molecule has 4 saturated carbocycles. The quantitative estimate of drug-likeness (QED) is 0.794. The summed E-state index contributed by atoms with van der Waals surface area (Å²) in [6.45, 7) is 0. The number of rotatable bonds is 2. The second kappa shape index (κ2) is 3.89. The van der Waals surface area contributed by atoms with Crippen LogP contribution in [0.15, 0.2) is 0 Å². The van der Waals surface area contributed by atoms with Crippen molar-refractivity contribution in [3.8, 4) is 0 Å². The van der Waals surface area contributed by atoms with Crippen molar-refractivity contribution in [2.45, 2.75) is 50.3 Å². The molecule has 0 radical (unpaired) electrons. The van der Waals surface area contributed by atoms with Crippen LogP contribution in [0.5, 0.6) is 0 Å². The Morgan fingerprint density at radius 1 is 1.10 bits per heavy atom. The van der Waals surface area contributed by atoms with E-state index in [4.69, 9.17) is 4.74 Å². The number of carbonyl (C=O) groups is 2. The number of hydrogen-bond donors (Lipinski definition) is 1. The Labute approximate surface area is 113 Å². The fourth-order valence-electron chi connectivity index (χ4n) is 4.80. The van der Waals surface area contributed by atoms with Gasteiger partial charge in [-0.1, -0.05) is 0 Å². The lowest BCUT2D eigenvalue weighted by atomic mass is 9.48. The summed E-state index contributed by atoms with van der Waals surface area (Å²) in [7, 11) is 0. The molecule has 4 aliphatic rings. The molecule has 0 aromatic rings. The van der Waals surface area contributed by atoms with Gasteiger partial charge in [0.15, 0.2) is 0 Å². The van der Waals surface area contributed by atoms with Gasteiger partial charge in [0.25, 0.3) is 0 Å². The first-order valence-corrected chi connectivity index (χ1v) is 6.68. The fraction of sp³-hybridized carbons (Fsp3) is 0.846. The molecular formula is C13H15F3O4. The highest BCUT2D eigenvalue weighted by Gasteiger charge is 2.63.